The van der Waals surface area contributed by atoms with Gasteiger partial charge in [0.25, 0.3) is 0 Å². The summed E-state index contributed by atoms with van der Waals surface area (Å²) in [5.41, 5.74) is 0.153. The monoisotopic (exact) mass is 215 g/mol. The molecule has 0 bridgehead atoms. The van der Waals surface area contributed by atoms with E-state index in [9.17, 15) is 9.59 Å². The van der Waals surface area contributed by atoms with Crippen molar-refractivity contribution in [3.8, 4) is 0 Å². The lowest BCUT2D eigenvalue weighted by molar-refractivity contribution is -0.132. The molecule has 15 heavy (non-hydrogen) atoms. The molecule has 0 heterocycles. The van der Waals surface area contributed by atoms with Gasteiger partial charge in [0.05, 0.1) is 0 Å². The number of aliphatic carboxylic acids is 1. The summed E-state index contributed by atoms with van der Waals surface area (Å²) in [6.45, 7) is 6.67. The molecule has 1 unspecified atom stereocenters. The summed E-state index contributed by atoms with van der Waals surface area (Å²) in [7, 11) is 0. The predicted molar refractivity (Wildman–Crippen MR) is 55.6 cm³/mol. The molecule has 0 aromatic rings. The Morgan fingerprint density at radius 1 is 1.33 bits per heavy atom. The molecule has 5 nitrogen and oxygen atoms in total. The van der Waals surface area contributed by atoms with Crippen LogP contribution in [-0.2, 0) is 9.53 Å². The molecule has 0 rings (SSSR count). The minimum atomic E-state index is -1.02. The van der Waals surface area contributed by atoms with Gasteiger partial charge in [0.1, 0.15) is 6.10 Å². The number of rotatable bonds is 4. The SMILES string of the molecule is CC(=CC(C)OC(=O)NC(C)C)C(=O)O. The summed E-state index contributed by atoms with van der Waals surface area (Å²) >= 11 is 0. The molecule has 0 aromatic carbocycles. The van der Waals surface area contributed by atoms with Crippen LogP contribution in [0.2, 0.25) is 0 Å². The zero-order valence-corrected chi connectivity index (χ0v) is 9.40. The summed E-state index contributed by atoms with van der Waals surface area (Å²) in [5.74, 6) is -1.02. The number of carbonyl (C=O) groups is 2. The molecule has 0 fully saturated rings. The van der Waals surface area contributed by atoms with Crippen LogP contribution in [0.5, 0.6) is 0 Å². The van der Waals surface area contributed by atoms with E-state index in [1.54, 1.807) is 6.92 Å². The van der Waals surface area contributed by atoms with Gasteiger partial charge in [0, 0.05) is 11.6 Å². The van der Waals surface area contributed by atoms with Gasteiger partial charge in [-0.2, -0.15) is 0 Å². The van der Waals surface area contributed by atoms with Gasteiger partial charge in [0.15, 0.2) is 0 Å². The third kappa shape index (κ3) is 6.54. The molecular formula is C10H17NO4. The van der Waals surface area contributed by atoms with Crippen LogP contribution in [0.25, 0.3) is 0 Å². The van der Waals surface area contributed by atoms with Gasteiger partial charge >= 0.3 is 12.1 Å². The average molecular weight is 215 g/mol. The van der Waals surface area contributed by atoms with Gasteiger partial charge in [-0.25, -0.2) is 9.59 Å². The lowest BCUT2D eigenvalue weighted by atomic mass is 10.2. The van der Waals surface area contributed by atoms with Crippen molar-refractivity contribution in [2.24, 2.45) is 0 Å². The molecule has 2 N–H and O–H groups in total. The maximum absolute atomic E-state index is 11.1. The first-order chi connectivity index (χ1) is 6.82. The van der Waals surface area contributed by atoms with E-state index in [0.29, 0.717) is 0 Å². The number of hydrogen-bond donors (Lipinski definition) is 2. The van der Waals surface area contributed by atoms with E-state index in [4.69, 9.17) is 9.84 Å². The molecule has 86 valence electrons. The molecule has 0 saturated carbocycles. The molecular weight excluding hydrogens is 198 g/mol. The van der Waals surface area contributed by atoms with Gasteiger partial charge < -0.3 is 15.2 Å². The van der Waals surface area contributed by atoms with Crippen molar-refractivity contribution in [1.82, 2.24) is 5.32 Å². The second-order valence-electron chi connectivity index (χ2n) is 3.56. The zero-order valence-electron chi connectivity index (χ0n) is 9.40. The molecule has 0 saturated heterocycles. The molecule has 0 aliphatic rings. The highest BCUT2D eigenvalue weighted by atomic mass is 16.6. The van der Waals surface area contributed by atoms with E-state index in [0.717, 1.165) is 0 Å². The highest BCUT2D eigenvalue weighted by Gasteiger charge is 2.09. The summed E-state index contributed by atoms with van der Waals surface area (Å²) in [6.07, 6.45) is 0.272. The second kappa shape index (κ2) is 6.06. The fraction of sp³-hybridized carbons (Fsp3) is 0.600. The quantitative estimate of drug-likeness (QED) is 0.697. The maximum atomic E-state index is 11.1. The van der Waals surface area contributed by atoms with E-state index in [2.05, 4.69) is 5.32 Å². The summed E-state index contributed by atoms with van der Waals surface area (Å²) < 4.78 is 4.89. The maximum Gasteiger partial charge on any atom is 0.407 e. The van der Waals surface area contributed by atoms with Crippen molar-refractivity contribution >= 4 is 12.1 Å². The number of carboxylic acid groups (broad SMARTS) is 1. The lowest BCUT2D eigenvalue weighted by Gasteiger charge is -2.12. The first-order valence-electron chi connectivity index (χ1n) is 4.71. The highest BCUT2D eigenvalue weighted by molar-refractivity contribution is 5.85. The Kier molecular flexibility index (Phi) is 5.44. The highest BCUT2D eigenvalue weighted by Crippen LogP contribution is 2.00. The first kappa shape index (κ1) is 13.5. The van der Waals surface area contributed by atoms with Crippen LogP contribution < -0.4 is 5.32 Å². The van der Waals surface area contributed by atoms with Gasteiger partial charge in [-0.05, 0) is 33.8 Å². The standard InChI is InChI=1S/C10H17NO4/c1-6(2)11-10(14)15-8(4)5-7(3)9(12)13/h5-6,8H,1-4H3,(H,11,14)(H,12,13). The summed E-state index contributed by atoms with van der Waals surface area (Å²) in [5, 5.41) is 11.1. The Labute approximate surface area is 89.1 Å². The van der Waals surface area contributed by atoms with Crippen LogP contribution >= 0.6 is 0 Å². The van der Waals surface area contributed by atoms with Crippen molar-refractivity contribution in [3.63, 3.8) is 0 Å². The fourth-order valence-corrected chi connectivity index (χ4v) is 0.896. The zero-order chi connectivity index (χ0) is 12.0. The van der Waals surface area contributed by atoms with Crippen molar-refractivity contribution < 1.29 is 19.4 Å². The minimum absolute atomic E-state index is 0.00532. The molecule has 0 aliphatic heterocycles. The van der Waals surface area contributed by atoms with Crippen molar-refractivity contribution in [2.45, 2.75) is 39.8 Å². The van der Waals surface area contributed by atoms with E-state index in [1.807, 2.05) is 13.8 Å². The van der Waals surface area contributed by atoms with Crippen LogP contribution in [-0.4, -0.2) is 29.3 Å². The first-order valence-corrected chi connectivity index (χ1v) is 4.71. The van der Waals surface area contributed by atoms with Crippen LogP contribution in [0, 0.1) is 0 Å². The number of carbonyl (C=O) groups excluding carboxylic acids is 1. The van der Waals surface area contributed by atoms with Crippen LogP contribution in [0.1, 0.15) is 27.7 Å². The Morgan fingerprint density at radius 2 is 1.87 bits per heavy atom. The van der Waals surface area contributed by atoms with Gasteiger partial charge in [-0.3, -0.25) is 0 Å². The van der Waals surface area contributed by atoms with Crippen molar-refractivity contribution in [2.75, 3.05) is 0 Å². The van der Waals surface area contributed by atoms with Gasteiger partial charge in [-0.15, -0.1) is 0 Å². The summed E-state index contributed by atoms with van der Waals surface area (Å²) in [4.78, 5) is 21.6. The molecule has 5 heteroatoms. The van der Waals surface area contributed by atoms with Gasteiger partial charge in [-0.1, -0.05) is 0 Å². The summed E-state index contributed by atoms with van der Waals surface area (Å²) in [6, 6.07) is -0.00532. The van der Waals surface area contributed by atoms with Crippen LogP contribution in [0.15, 0.2) is 11.6 Å². The van der Waals surface area contributed by atoms with E-state index < -0.39 is 18.2 Å². The number of amides is 1. The minimum Gasteiger partial charge on any atom is -0.478 e. The predicted octanol–water partition coefficient (Wildman–Crippen LogP) is 1.54. The average Bonchev–Trinajstić information content (AvgIpc) is 2.00. The number of ether oxygens (including phenoxy) is 1. The molecule has 0 aliphatic carbocycles. The number of hydrogen-bond acceptors (Lipinski definition) is 3. The second-order valence-corrected chi connectivity index (χ2v) is 3.56. The smallest absolute Gasteiger partial charge is 0.407 e. The molecule has 1 amide bonds. The largest absolute Gasteiger partial charge is 0.478 e. The van der Waals surface area contributed by atoms with Crippen LogP contribution in [0.4, 0.5) is 4.79 Å². The lowest BCUT2D eigenvalue weighted by Crippen LogP contribution is -2.32. The normalized spacial score (nSPS) is 13.5. The third-order valence-corrected chi connectivity index (χ3v) is 1.52. The molecule has 0 spiro atoms. The Hall–Kier alpha value is -1.52. The topological polar surface area (TPSA) is 75.6 Å². The number of nitrogens with one attached hydrogen (secondary N) is 1. The van der Waals surface area contributed by atoms with Gasteiger partial charge in [0.2, 0.25) is 0 Å². The van der Waals surface area contributed by atoms with Crippen LogP contribution in [0.3, 0.4) is 0 Å². The third-order valence-electron chi connectivity index (χ3n) is 1.52. The molecule has 0 radical (unpaired) electrons. The van der Waals surface area contributed by atoms with Crippen molar-refractivity contribution in [3.05, 3.63) is 11.6 Å². The van der Waals surface area contributed by atoms with Crippen molar-refractivity contribution in [1.29, 1.82) is 0 Å². The number of alkyl carbamates (subject to hydrolysis) is 1. The number of carboxylic acids is 1. The molecule has 1 atom stereocenters. The Balaban J connectivity index is 4.14. The Bertz CT molecular complexity index is 271. The fourth-order valence-electron chi connectivity index (χ4n) is 0.896. The van der Waals surface area contributed by atoms with E-state index >= 15 is 0 Å². The van der Waals surface area contributed by atoms with E-state index in [1.165, 1.54) is 13.0 Å². The Morgan fingerprint density at radius 3 is 2.27 bits per heavy atom. The molecule has 0 aromatic heterocycles. The van der Waals surface area contributed by atoms with E-state index in [-0.39, 0.29) is 11.6 Å².